The van der Waals surface area contributed by atoms with Crippen LogP contribution in [0.4, 0.5) is 0 Å². The number of nitrogens with zero attached hydrogens (tertiary/aromatic N) is 1. The van der Waals surface area contributed by atoms with Gasteiger partial charge in [0.1, 0.15) is 0 Å². The molecule has 1 rings (SSSR count). The van der Waals surface area contributed by atoms with Crippen LogP contribution in [0, 0.1) is 0 Å². The van der Waals surface area contributed by atoms with Crippen LogP contribution in [0.5, 0.6) is 0 Å². The number of likely N-dealkylation sites (N-methyl/N-ethyl adjacent to an activating group) is 1. The fraction of sp³-hybridized carbons (Fsp3) is 1.00. The molecule has 1 atom stereocenters. The molecule has 0 aromatic carbocycles. The van der Waals surface area contributed by atoms with Crippen LogP contribution >= 0.6 is 13.5 Å². The van der Waals surface area contributed by atoms with Crippen molar-refractivity contribution in [2.24, 2.45) is 0 Å². The lowest BCUT2D eigenvalue weighted by molar-refractivity contribution is 0.215. The van der Waals surface area contributed by atoms with E-state index in [4.69, 9.17) is 0 Å². The predicted octanol–water partition coefficient (Wildman–Crippen LogP) is 0.0227. The summed E-state index contributed by atoms with van der Waals surface area (Å²) in [5.41, 5.74) is 0. The van der Waals surface area contributed by atoms with Crippen molar-refractivity contribution in [2.45, 2.75) is 13.0 Å². The van der Waals surface area contributed by atoms with Gasteiger partial charge in [-0.3, -0.25) is 0 Å². The van der Waals surface area contributed by atoms with Crippen LogP contribution in [0.15, 0.2) is 0 Å². The maximum Gasteiger partial charge on any atom is 0.0189 e. The van der Waals surface area contributed by atoms with Crippen LogP contribution in [0.1, 0.15) is 6.92 Å². The lowest BCUT2D eigenvalue weighted by Gasteiger charge is -2.29. The Morgan fingerprint density at radius 2 is 2.22 bits per heavy atom. The summed E-state index contributed by atoms with van der Waals surface area (Å²) in [6.07, 6.45) is 0. The molecule has 9 heavy (non-hydrogen) atoms. The SMILES string of the molecule is C[C@H]1CNCCN1C.S. The van der Waals surface area contributed by atoms with E-state index < -0.39 is 0 Å². The van der Waals surface area contributed by atoms with Gasteiger partial charge < -0.3 is 10.2 Å². The van der Waals surface area contributed by atoms with Gasteiger partial charge in [-0.15, -0.1) is 0 Å². The summed E-state index contributed by atoms with van der Waals surface area (Å²) in [6.45, 7) is 5.74. The Balaban J connectivity index is 0.000000640. The van der Waals surface area contributed by atoms with E-state index in [1.165, 1.54) is 6.54 Å². The Hall–Kier alpha value is 0.270. The molecule has 0 radical (unpaired) electrons. The van der Waals surface area contributed by atoms with Gasteiger partial charge in [0.25, 0.3) is 0 Å². The third-order valence-electron chi connectivity index (χ3n) is 1.83. The third kappa shape index (κ3) is 2.56. The quantitative estimate of drug-likeness (QED) is 0.521. The zero-order chi connectivity index (χ0) is 5.98. The van der Waals surface area contributed by atoms with E-state index in [-0.39, 0.29) is 13.5 Å². The highest BCUT2D eigenvalue weighted by Crippen LogP contribution is 1.95. The second kappa shape index (κ2) is 4.14. The molecule has 1 aliphatic rings. The number of hydrogen-bond donors (Lipinski definition) is 1. The lowest BCUT2D eigenvalue weighted by atomic mass is 10.2. The molecule has 0 aliphatic carbocycles. The molecule has 1 fully saturated rings. The van der Waals surface area contributed by atoms with Gasteiger partial charge in [-0.25, -0.2) is 0 Å². The van der Waals surface area contributed by atoms with E-state index in [1.807, 2.05) is 0 Å². The van der Waals surface area contributed by atoms with Crippen molar-refractivity contribution in [3.8, 4) is 0 Å². The molecule has 3 heteroatoms. The Bertz CT molecular complexity index is 67.5. The zero-order valence-electron chi connectivity index (χ0n) is 6.15. The van der Waals surface area contributed by atoms with Crippen LogP contribution in [-0.4, -0.2) is 37.6 Å². The molecular formula is C6H16N2S. The lowest BCUT2D eigenvalue weighted by Crippen LogP contribution is -2.47. The highest BCUT2D eigenvalue weighted by atomic mass is 32.1. The summed E-state index contributed by atoms with van der Waals surface area (Å²) in [7, 11) is 2.17. The standard InChI is InChI=1S/C6H14N2.H2S/c1-6-5-7-3-4-8(6)2;/h6-7H,3-5H2,1-2H3;1H2/t6-;/m0./s1. The predicted molar refractivity (Wildman–Crippen MR) is 45.3 cm³/mol. The van der Waals surface area contributed by atoms with Crippen LogP contribution in [-0.2, 0) is 0 Å². The molecule has 1 heterocycles. The van der Waals surface area contributed by atoms with Gasteiger partial charge in [0.05, 0.1) is 0 Å². The highest BCUT2D eigenvalue weighted by molar-refractivity contribution is 7.59. The van der Waals surface area contributed by atoms with Gasteiger partial charge in [-0.2, -0.15) is 13.5 Å². The van der Waals surface area contributed by atoms with Crippen LogP contribution < -0.4 is 5.32 Å². The normalized spacial score (nSPS) is 29.3. The topological polar surface area (TPSA) is 15.3 Å². The molecule has 2 nitrogen and oxygen atoms in total. The second-order valence-electron chi connectivity index (χ2n) is 2.53. The average Bonchev–Trinajstić information content (AvgIpc) is 1.77. The summed E-state index contributed by atoms with van der Waals surface area (Å²) in [6, 6.07) is 0.726. The minimum Gasteiger partial charge on any atom is -0.314 e. The Morgan fingerprint density at radius 3 is 2.56 bits per heavy atom. The van der Waals surface area contributed by atoms with Gasteiger partial charge in [0.2, 0.25) is 0 Å². The molecule has 56 valence electrons. The molecule has 0 bridgehead atoms. The van der Waals surface area contributed by atoms with E-state index in [0.717, 1.165) is 19.1 Å². The first-order valence-electron chi connectivity index (χ1n) is 3.21. The van der Waals surface area contributed by atoms with Crippen LogP contribution in [0.2, 0.25) is 0 Å². The number of nitrogens with one attached hydrogen (secondary N) is 1. The summed E-state index contributed by atoms with van der Waals surface area (Å²) in [5, 5.41) is 3.32. The Morgan fingerprint density at radius 1 is 1.56 bits per heavy atom. The summed E-state index contributed by atoms with van der Waals surface area (Å²) in [5.74, 6) is 0. The van der Waals surface area contributed by atoms with E-state index in [0.29, 0.717) is 0 Å². The first kappa shape index (κ1) is 9.27. The molecule has 0 amide bonds. The Kier molecular flexibility index (Phi) is 4.27. The van der Waals surface area contributed by atoms with Crippen molar-refractivity contribution in [3.63, 3.8) is 0 Å². The molecular weight excluding hydrogens is 132 g/mol. The van der Waals surface area contributed by atoms with Crippen LogP contribution in [0.3, 0.4) is 0 Å². The highest BCUT2D eigenvalue weighted by Gasteiger charge is 2.11. The zero-order valence-corrected chi connectivity index (χ0v) is 7.15. The fourth-order valence-corrected chi connectivity index (χ4v) is 0.943. The third-order valence-corrected chi connectivity index (χ3v) is 1.83. The largest absolute Gasteiger partial charge is 0.314 e. The number of rotatable bonds is 0. The minimum absolute atomic E-state index is 0. The maximum atomic E-state index is 3.32. The van der Waals surface area contributed by atoms with Crippen molar-refractivity contribution in [2.75, 3.05) is 26.7 Å². The van der Waals surface area contributed by atoms with Crippen molar-refractivity contribution >= 4 is 13.5 Å². The van der Waals surface area contributed by atoms with E-state index in [9.17, 15) is 0 Å². The molecule has 0 unspecified atom stereocenters. The smallest absolute Gasteiger partial charge is 0.0189 e. The van der Waals surface area contributed by atoms with Crippen molar-refractivity contribution in [1.82, 2.24) is 10.2 Å². The Labute approximate surface area is 64.1 Å². The number of hydrogen-bond acceptors (Lipinski definition) is 2. The van der Waals surface area contributed by atoms with E-state index in [2.05, 4.69) is 24.2 Å². The molecule has 1 N–H and O–H groups in total. The van der Waals surface area contributed by atoms with Gasteiger partial charge >= 0.3 is 0 Å². The number of piperazine rings is 1. The molecule has 0 saturated carbocycles. The molecule has 0 aromatic heterocycles. The molecule has 0 spiro atoms. The summed E-state index contributed by atoms with van der Waals surface area (Å²) >= 11 is 0. The van der Waals surface area contributed by atoms with Crippen LogP contribution in [0.25, 0.3) is 0 Å². The van der Waals surface area contributed by atoms with Gasteiger partial charge in [0.15, 0.2) is 0 Å². The monoisotopic (exact) mass is 148 g/mol. The summed E-state index contributed by atoms with van der Waals surface area (Å²) in [4.78, 5) is 2.37. The van der Waals surface area contributed by atoms with Gasteiger partial charge in [-0.05, 0) is 14.0 Å². The average molecular weight is 148 g/mol. The van der Waals surface area contributed by atoms with Crippen molar-refractivity contribution in [1.29, 1.82) is 0 Å². The van der Waals surface area contributed by atoms with E-state index >= 15 is 0 Å². The second-order valence-corrected chi connectivity index (χ2v) is 2.53. The first-order valence-corrected chi connectivity index (χ1v) is 3.21. The molecule has 0 aromatic rings. The van der Waals surface area contributed by atoms with Gasteiger partial charge in [0, 0.05) is 25.7 Å². The molecule has 1 saturated heterocycles. The van der Waals surface area contributed by atoms with Gasteiger partial charge in [-0.1, -0.05) is 0 Å². The maximum absolute atomic E-state index is 3.32. The first-order chi connectivity index (χ1) is 3.80. The fourth-order valence-electron chi connectivity index (χ4n) is 0.943. The molecule has 1 aliphatic heterocycles. The van der Waals surface area contributed by atoms with Crippen molar-refractivity contribution in [3.05, 3.63) is 0 Å². The van der Waals surface area contributed by atoms with Crippen molar-refractivity contribution < 1.29 is 0 Å². The van der Waals surface area contributed by atoms with E-state index in [1.54, 1.807) is 0 Å². The summed E-state index contributed by atoms with van der Waals surface area (Å²) < 4.78 is 0. The minimum atomic E-state index is 0.